The summed E-state index contributed by atoms with van der Waals surface area (Å²) in [5.41, 5.74) is 1.18. The van der Waals surface area contributed by atoms with Gasteiger partial charge in [0.05, 0.1) is 0 Å². The molecule has 1 aliphatic heterocycles. The molecule has 0 N–H and O–H groups in total. The van der Waals surface area contributed by atoms with Crippen LogP contribution in [0.5, 0.6) is 0 Å². The number of carbonyl (C=O) groups is 1. The van der Waals surface area contributed by atoms with Gasteiger partial charge in [0.25, 0.3) is 0 Å². The van der Waals surface area contributed by atoms with Crippen LogP contribution in [-0.2, 0) is 11.2 Å². The summed E-state index contributed by atoms with van der Waals surface area (Å²) in [6.07, 6.45) is 3.71. The van der Waals surface area contributed by atoms with E-state index in [0.29, 0.717) is 6.42 Å². The third-order valence-corrected chi connectivity index (χ3v) is 3.93. The lowest BCUT2D eigenvalue weighted by Crippen LogP contribution is -2.37. The zero-order valence-corrected chi connectivity index (χ0v) is 11.6. The molecule has 98 valence electrons. The molecule has 0 bridgehead atoms. The molecule has 1 aliphatic rings. The predicted molar refractivity (Wildman–Crippen MR) is 74.8 cm³/mol. The monoisotopic (exact) mass is 265 g/mol. The zero-order chi connectivity index (χ0) is 13.0. The van der Waals surface area contributed by atoms with Gasteiger partial charge >= 0.3 is 0 Å². The van der Waals surface area contributed by atoms with Crippen LogP contribution in [0.4, 0.5) is 0 Å². The number of halogens is 1. The fourth-order valence-corrected chi connectivity index (χ4v) is 2.44. The van der Waals surface area contributed by atoms with Crippen molar-refractivity contribution in [3.05, 3.63) is 34.9 Å². The largest absolute Gasteiger partial charge is 0.343 e. The Kier molecular flexibility index (Phi) is 4.65. The quantitative estimate of drug-likeness (QED) is 0.819. The Morgan fingerprint density at radius 1 is 1.28 bits per heavy atom. The van der Waals surface area contributed by atoms with Crippen molar-refractivity contribution < 1.29 is 4.79 Å². The molecule has 0 atom stereocenters. The molecule has 0 aliphatic carbocycles. The van der Waals surface area contributed by atoms with E-state index in [9.17, 15) is 4.79 Å². The van der Waals surface area contributed by atoms with Crippen molar-refractivity contribution in [3.63, 3.8) is 0 Å². The van der Waals surface area contributed by atoms with Crippen LogP contribution in [0.15, 0.2) is 24.3 Å². The molecular formula is C15H20ClNO. The highest BCUT2D eigenvalue weighted by Crippen LogP contribution is 2.17. The number of carbonyl (C=O) groups excluding carboxylic acids is 1. The summed E-state index contributed by atoms with van der Waals surface area (Å²) < 4.78 is 0. The maximum Gasteiger partial charge on any atom is 0.222 e. The summed E-state index contributed by atoms with van der Waals surface area (Å²) in [5, 5.41) is 0.745. The number of amides is 1. The summed E-state index contributed by atoms with van der Waals surface area (Å²) in [6.45, 7) is 4.12. The number of piperidine rings is 1. The Bertz CT molecular complexity index is 393. The van der Waals surface area contributed by atoms with E-state index in [1.807, 2.05) is 29.2 Å². The second-order valence-electron chi connectivity index (χ2n) is 5.19. The molecule has 3 heteroatoms. The Morgan fingerprint density at radius 2 is 1.89 bits per heavy atom. The number of nitrogens with zero attached hydrogens (tertiary/aromatic N) is 1. The van der Waals surface area contributed by atoms with Gasteiger partial charge in [0.1, 0.15) is 0 Å². The molecule has 0 saturated carbocycles. The molecule has 1 aromatic rings. The van der Waals surface area contributed by atoms with Gasteiger partial charge in [-0.1, -0.05) is 30.7 Å². The Morgan fingerprint density at radius 3 is 2.50 bits per heavy atom. The molecule has 1 aromatic carbocycles. The molecular weight excluding hydrogens is 246 g/mol. The number of hydrogen-bond acceptors (Lipinski definition) is 1. The molecule has 2 rings (SSSR count). The van der Waals surface area contributed by atoms with Gasteiger partial charge in [0.2, 0.25) is 5.91 Å². The molecule has 1 amide bonds. The van der Waals surface area contributed by atoms with E-state index in [4.69, 9.17) is 11.6 Å². The van der Waals surface area contributed by atoms with Crippen molar-refractivity contribution in [3.8, 4) is 0 Å². The lowest BCUT2D eigenvalue weighted by atomic mass is 9.98. The van der Waals surface area contributed by atoms with E-state index >= 15 is 0 Å². The fraction of sp³-hybridized carbons (Fsp3) is 0.533. The van der Waals surface area contributed by atoms with E-state index in [1.165, 1.54) is 5.56 Å². The molecule has 0 spiro atoms. The maximum absolute atomic E-state index is 12.0. The van der Waals surface area contributed by atoms with E-state index in [1.54, 1.807) is 0 Å². The van der Waals surface area contributed by atoms with Gasteiger partial charge in [-0.2, -0.15) is 0 Å². The first-order chi connectivity index (χ1) is 8.65. The minimum atomic E-state index is 0.289. The van der Waals surface area contributed by atoms with E-state index < -0.39 is 0 Å². The van der Waals surface area contributed by atoms with Crippen LogP contribution in [0.3, 0.4) is 0 Å². The molecule has 2 nitrogen and oxygen atoms in total. The van der Waals surface area contributed by atoms with Gasteiger partial charge < -0.3 is 4.90 Å². The smallest absolute Gasteiger partial charge is 0.222 e. The predicted octanol–water partition coefficient (Wildman–Crippen LogP) is 3.53. The summed E-state index contributed by atoms with van der Waals surface area (Å²) in [7, 11) is 0. The highest BCUT2D eigenvalue weighted by atomic mass is 35.5. The topological polar surface area (TPSA) is 20.3 Å². The van der Waals surface area contributed by atoms with Gasteiger partial charge in [0.15, 0.2) is 0 Å². The van der Waals surface area contributed by atoms with Gasteiger partial charge in [-0.3, -0.25) is 4.79 Å². The van der Waals surface area contributed by atoms with Gasteiger partial charge in [-0.25, -0.2) is 0 Å². The second kappa shape index (κ2) is 6.24. The zero-order valence-electron chi connectivity index (χ0n) is 10.9. The van der Waals surface area contributed by atoms with E-state index in [0.717, 1.165) is 43.3 Å². The first-order valence-corrected chi connectivity index (χ1v) is 7.05. The number of aryl methyl sites for hydroxylation is 1. The minimum Gasteiger partial charge on any atom is -0.343 e. The number of benzene rings is 1. The van der Waals surface area contributed by atoms with Crippen LogP contribution in [0, 0.1) is 5.92 Å². The molecule has 1 heterocycles. The van der Waals surface area contributed by atoms with Gasteiger partial charge in [0, 0.05) is 24.5 Å². The molecule has 1 fully saturated rings. The van der Waals surface area contributed by atoms with Crippen molar-refractivity contribution >= 4 is 17.5 Å². The Balaban J connectivity index is 1.79. The van der Waals surface area contributed by atoms with Crippen LogP contribution in [0.1, 0.15) is 31.7 Å². The second-order valence-corrected chi connectivity index (χ2v) is 5.63. The Labute approximate surface area is 114 Å². The van der Waals surface area contributed by atoms with Crippen LogP contribution >= 0.6 is 11.6 Å². The van der Waals surface area contributed by atoms with Crippen molar-refractivity contribution in [2.24, 2.45) is 5.92 Å². The summed E-state index contributed by atoms with van der Waals surface area (Å²) in [4.78, 5) is 14.1. The van der Waals surface area contributed by atoms with E-state index in [-0.39, 0.29) is 5.91 Å². The molecule has 1 saturated heterocycles. The lowest BCUT2D eigenvalue weighted by molar-refractivity contribution is -0.132. The van der Waals surface area contributed by atoms with Crippen molar-refractivity contribution in [2.75, 3.05) is 13.1 Å². The number of hydrogen-bond donors (Lipinski definition) is 0. The molecule has 0 aromatic heterocycles. The normalized spacial score (nSPS) is 16.9. The molecule has 0 unspecified atom stereocenters. The van der Waals surface area contributed by atoms with Gasteiger partial charge in [-0.15, -0.1) is 0 Å². The summed E-state index contributed by atoms with van der Waals surface area (Å²) in [5.74, 6) is 1.06. The molecule has 18 heavy (non-hydrogen) atoms. The van der Waals surface area contributed by atoms with Crippen LogP contribution in [0.2, 0.25) is 5.02 Å². The molecule has 0 radical (unpaired) electrons. The first-order valence-electron chi connectivity index (χ1n) is 6.67. The number of rotatable bonds is 3. The first kappa shape index (κ1) is 13.4. The van der Waals surface area contributed by atoms with Crippen LogP contribution in [0.25, 0.3) is 0 Å². The standard InChI is InChI=1S/C15H20ClNO/c1-12-8-10-17(11-9-12)15(18)7-4-13-2-5-14(16)6-3-13/h2-3,5-6,12H,4,7-11H2,1H3. The lowest BCUT2D eigenvalue weighted by Gasteiger charge is -2.30. The van der Waals surface area contributed by atoms with E-state index in [2.05, 4.69) is 6.92 Å². The van der Waals surface area contributed by atoms with Crippen LogP contribution in [-0.4, -0.2) is 23.9 Å². The highest BCUT2D eigenvalue weighted by molar-refractivity contribution is 6.30. The third-order valence-electron chi connectivity index (χ3n) is 3.68. The average molecular weight is 266 g/mol. The number of likely N-dealkylation sites (tertiary alicyclic amines) is 1. The fourth-order valence-electron chi connectivity index (χ4n) is 2.32. The van der Waals surface area contributed by atoms with Crippen molar-refractivity contribution in [2.45, 2.75) is 32.6 Å². The van der Waals surface area contributed by atoms with Gasteiger partial charge in [-0.05, 0) is 42.9 Å². The average Bonchev–Trinajstić information content (AvgIpc) is 2.38. The highest BCUT2D eigenvalue weighted by Gasteiger charge is 2.19. The minimum absolute atomic E-state index is 0.289. The Hall–Kier alpha value is -1.02. The maximum atomic E-state index is 12.0. The van der Waals surface area contributed by atoms with Crippen molar-refractivity contribution in [1.82, 2.24) is 4.90 Å². The SMILES string of the molecule is CC1CCN(C(=O)CCc2ccc(Cl)cc2)CC1. The summed E-state index contributed by atoms with van der Waals surface area (Å²) >= 11 is 5.83. The van der Waals surface area contributed by atoms with Crippen molar-refractivity contribution in [1.29, 1.82) is 0 Å². The van der Waals surface area contributed by atoms with Crippen LogP contribution < -0.4 is 0 Å². The third kappa shape index (κ3) is 3.74. The summed E-state index contributed by atoms with van der Waals surface area (Å²) in [6, 6.07) is 7.75.